The Hall–Kier alpha value is -1.87. The lowest BCUT2D eigenvalue weighted by Gasteiger charge is -2.29. The van der Waals surface area contributed by atoms with Gasteiger partial charge in [-0.3, -0.25) is 4.79 Å². The van der Waals surface area contributed by atoms with Crippen molar-refractivity contribution in [2.45, 2.75) is 55.6 Å². The second kappa shape index (κ2) is 8.10. The van der Waals surface area contributed by atoms with Crippen LogP contribution < -0.4 is 5.32 Å². The van der Waals surface area contributed by atoms with E-state index in [1.54, 1.807) is 4.90 Å². The van der Waals surface area contributed by atoms with Crippen LogP contribution in [0, 0.1) is 0 Å². The van der Waals surface area contributed by atoms with Gasteiger partial charge < -0.3 is 10.2 Å². The summed E-state index contributed by atoms with van der Waals surface area (Å²) >= 11 is 1.33. The van der Waals surface area contributed by atoms with Crippen LogP contribution in [0.1, 0.15) is 33.1 Å². The molecule has 1 aromatic heterocycles. The maximum absolute atomic E-state index is 13.1. The Morgan fingerprint density at radius 3 is 2.69 bits per heavy atom. The molecule has 1 saturated carbocycles. The summed E-state index contributed by atoms with van der Waals surface area (Å²) in [6, 6.07) is 8.10. The zero-order chi connectivity index (χ0) is 20.6. The van der Waals surface area contributed by atoms with Crippen molar-refractivity contribution in [3.63, 3.8) is 0 Å². The lowest BCUT2D eigenvalue weighted by molar-refractivity contribution is -0.131. The number of carbonyl (C=O) groups excluding carboxylic acids is 1. The van der Waals surface area contributed by atoms with Crippen molar-refractivity contribution in [3.8, 4) is 0 Å². The number of nitrogens with one attached hydrogen (secondary N) is 1. The van der Waals surface area contributed by atoms with Gasteiger partial charge in [-0.15, -0.1) is 0 Å². The first-order chi connectivity index (χ1) is 13.9. The second-order valence-electron chi connectivity index (χ2n) is 7.73. The Balaban J connectivity index is 1.53. The highest BCUT2D eigenvalue weighted by molar-refractivity contribution is 8.00. The Morgan fingerprint density at radius 2 is 2.03 bits per heavy atom. The van der Waals surface area contributed by atoms with Gasteiger partial charge in [-0.05, 0) is 45.2 Å². The SMILES string of the molecule is CCN(C(=O)C(C)Sc1nc(NC2CC2)c2ccccc2n1)C1CCS(=O)(=O)C1. The van der Waals surface area contributed by atoms with Crippen molar-refractivity contribution in [3.05, 3.63) is 24.3 Å². The topological polar surface area (TPSA) is 92.3 Å². The van der Waals surface area contributed by atoms with Crippen LogP contribution in [0.2, 0.25) is 0 Å². The van der Waals surface area contributed by atoms with Gasteiger partial charge >= 0.3 is 0 Å². The van der Waals surface area contributed by atoms with Crippen LogP contribution in [0.15, 0.2) is 29.4 Å². The standard InChI is InChI=1S/C20H26N4O3S2/c1-3-24(15-10-11-29(26,27)12-15)19(25)13(2)28-20-22-17-7-5-4-6-16(17)18(23-20)21-14-8-9-14/h4-7,13-15H,3,8-12H2,1-2H3,(H,21,22,23). The highest BCUT2D eigenvalue weighted by Gasteiger charge is 2.35. The van der Waals surface area contributed by atoms with Crippen LogP contribution in [0.3, 0.4) is 0 Å². The van der Waals surface area contributed by atoms with Crippen molar-refractivity contribution in [2.75, 3.05) is 23.4 Å². The molecule has 1 saturated heterocycles. The summed E-state index contributed by atoms with van der Waals surface area (Å²) in [6.45, 7) is 4.23. The fraction of sp³-hybridized carbons (Fsp3) is 0.550. The normalized spacial score (nSPS) is 21.8. The van der Waals surface area contributed by atoms with E-state index in [-0.39, 0.29) is 23.5 Å². The van der Waals surface area contributed by atoms with Crippen LogP contribution in [0.5, 0.6) is 0 Å². The smallest absolute Gasteiger partial charge is 0.236 e. The molecule has 0 bridgehead atoms. The minimum atomic E-state index is -3.04. The van der Waals surface area contributed by atoms with Gasteiger partial charge in [0.05, 0.1) is 22.3 Å². The number of carbonyl (C=O) groups is 1. The molecule has 9 heteroatoms. The van der Waals surface area contributed by atoms with Crippen LogP contribution in [-0.4, -0.2) is 64.6 Å². The molecular formula is C20H26N4O3S2. The van der Waals surface area contributed by atoms with E-state index in [1.807, 2.05) is 38.1 Å². The van der Waals surface area contributed by atoms with E-state index in [0.29, 0.717) is 24.2 Å². The Bertz CT molecular complexity index is 1020. The summed E-state index contributed by atoms with van der Waals surface area (Å²) in [6.07, 6.45) is 2.80. The molecule has 7 nitrogen and oxygen atoms in total. The van der Waals surface area contributed by atoms with Gasteiger partial charge in [0.15, 0.2) is 15.0 Å². The Labute approximate surface area is 175 Å². The third-order valence-corrected chi connectivity index (χ3v) is 8.10. The molecule has 29 heavy (non-hydrogen) atoms. The molecule has 2 fully saturated rings. The molecular weight excluding hydrogens is 408 g/mol. The molecule has 156 valence electrons. The number of hydrogen-bond donors (Lipinski definition) is 1. The number of rotatable bonds is 7. The van der Waals surface area contributed by atoms with Crippen LogP contribution in [0.25, 0.3) is 10.9 Å². The fourth-order valence-corrected chi connectivity index (χ4v) is 6.27. The maximum Gasteiger partial charge on any atom is 0.236 e. The van der Waals surface area contributed by atoms with Gasteiger partial charge in [0.1, 0.15) is 5.82 Å². The summed E-state index contributed by atoms with van der Waals surface area (Å²) in [4.78, 5) is 24.1. The van der Waals surface area contributed by atoms with E-state index < -0.39 is 15.1 Å². The second-order valence-corrected chi connectivity index (χ2v) is 11.3. The average Bonchev–Trinajstić information content (AvgIpc) is 3.43. The number of thioether (sulfide) groups is 1. The predicted octanol–water partition coefficient (Wildman–Crippen LogP) is 2.72. The number of nitrogens with zero attached hydrogens (tertiary/aromatic N) is 3. The fourth-order valence-electron chi connectivity index (χ4n) is 3.70. The van der Waals surface area contributed by atoms with Crippen molar-refractivity contribution < 1.29 is 13.2 Å². The molecule has 0 radical (unpaired) electrons. The first kappa shape index (κ1) is 20.4. The Kier molecular flexibility index (Phi) is 5.70. The summed E-state index contributed by atoms with van der Waals surface area (Å²) in [7, 11) is -3.04. The maximum atomic E-state index is 13.1. The number of benzene rings is 1. The molecule has 2 atom stereocenters. The van der Waals surface area contributed by atoms with Gasteiger partial charge in [0, 0.05) is 24.0 Å². The summed E-state index contributed by atoms with van der Waals surface area (Å²) in [5, 5.41) is 4.61. The molecule has 1 N–H and O–H groups in total. The minimum absolute atomic E-state index is 0.0614. The summed E-state index contributed by atoms with van der Waals surface area (Å²) in [5.41, 5.74) is 0.849. The largest absolute Gasteiger partial charge is 0.367 e. The van der Waals surface area contributed by atoms with Crippen molar-refractivity contribution in [1.82, 2.24) is 14.9 Å². The molecule has 2 unspecified atom stereocenters. The highest BCUT2D eigenvalue weighted by Crippen LogP contribution is 2.31. The zero-order valence-electron chi connectivity index (χ0n) is 16.7. The number of sulfone groups is 1. The van der Waals surface area contributed by atoms with Gasteiger partial charge in [0.2, 0.25) is 5.91 Å². The summed E-state index contributed by atoms with van der Waals surface area (Å²) in [5.74, 6) is 0.973. The number of para-hydroxylation sites is 1. The summed E-state index contributed by atoms with van der Waals surface area (Å²) < 4.78 is 23.7. The third-order valence-electron chi connectivity index (χ3n) is 5.40. The van der Waals surface area contributed by atoms with E-state index in [9.17, 15) is 13.2 Å². The molecule has 1 aliphatic carbocycles. The molecule has 1 aliphatic heterocycles. The van der Waals surface area contributed by atoms with E-state index in [1.165, 1.54) is 11.8 Å². The zero-order valence-corrected chi connectivity index (χ0v) is 18.3. The number of amides is 1. The molecule has 1 aromatic carbocycles. The van der Waals surface area contributed by atoms with Crippen LogP contribution >= 0.6 is 11.8 Å². The number of hydrogen-bond acceptors (Lipinski definition) is 7. The predicted molar refractivity (Wildman–Crippen MR) is 116 cm³/mol. The van der Waals surface area contributed by atoms with Crippen LogP contribution in [0.4, 0.5) is 5.82 Å². The first-order valence-electron chi connectivity index (χ1n) is 10.1. The van der Waals surface area contributed by atoms with E-state index >= 15 is 0 Å². The average molecular weight is 435 g/mol. The highest BCUT2D eigenvalue weighted by atomic mass is 32.2. The molecule has 2 heterocycles. The number of aromatic nitrogens is 2. The van der Waals surface area contributed by atoms with Crippen molar-refractivity contribution in [2.24, 2.45) is 0 Å². The first-order valence-corrected chi connectivity index (χ1v) is 12.8. The lowest BCUT2D eigenvalue weighted by atomic mass is 10.2. The van der Waals surface area contributed by atoms with Gasteiger partial charge in [-0.2, -0.15) is 0 Å². The molecule has 4 rings (SSSR count). The van der Waals surface area contributed by atoms with Crippen LogP contribution in [-0.2, 0) is 14.6 Å². The molecule has 2 aromatic rings. The quantitative estimate of drug-likeness (QED) is 0.529. The van der Waals surface area contributed by atoms with E-state index in [4.69, 9.17) is 0 Å². The number of anilines is 1. The molecule has 0 spiro atoms. The van der Waals surface area contributed by atoms with E-state index in [0.717, 1.165) is 29.6 Å². The van der Waals surface area contributed by atoms with Gasteiger partial charge in [-0.25, -0.2) is 18.4 Å². The monoisotopic (exact) mass is 434 g/mol. The van der Waals surface area contributed by atoms with Gasteiger partial charge in [0.25, 0.3) is 0 Å². The Morgan fingerprint density at radius 1 is 1.28 bits per heavy atom. The van der Waals surface area contributed by atoms with Gasteiger partial charge in [-0.1, -0.05) is 23.9 Å². The third kappa shape index (κ3) is 4.66. The van der Waals surface area contributed by atoms with E-state index in [2.05, 4.69) is 15.3 Å². The molecule has 1 amide bonds. The number of fused-ring (bicyclic) bond motifs is 1. The lowest BCUT2D eigenvalue weighted by Crippen LogP contribution is -2.44. The minimum Gasteiger partial charge on any atom is -0.367 e. The van der Waals surface area contributed by atoms with Crippen molar-refractivity contribution >= 4 is 44.2 Å². The van der Waals surface area contributed by atoms with Crippen molar-refractivity contribution in [1.29, 1.82) is 0 Å². The molecule has 2 aliphatic rings.